The lowest BCUT2D eigenvalue weighted by Gasteiger charge is -2.30. The van der Waals surface area contributed by atoms with Gasteiger partial charge in [-0.3, -0.25) is 0 Å². The molecule has 0 aliphatic heterocycles. The Labute approximate surface area is 187 Å². The summed E-state index contributed by atoms with van der Waals surface area (Å²) in [5.74, 6) is 1.08. The van der Waals surface area contributed by atoms with E-state index in [4.69, 9.17) is 9.47 Å². The van der Waals surface area contributed by atoms with Crippen LogP contribution >= 0.6 is 0 Å². The smallest absolute Gasteiger partial charge is 0.343 e. The van der Waals surface area contributed by atoms with Crippen LogP contribution in [0.2, 0.25) is 0 Å². The summed E-state index contributed by atoms with van der Waals surface area (Å²) in [6.45, 7) is 14.5. The fourth-order valence-corrected chi connectivity index (χ4v) is 3.35. The van der Waals surface area contributed by atoms with E-state index in [2.05, 4.69) is 58.9 Å². The third-order valence-electron chi connectivity index (χ3n) is 6.12. The van der Waals surface area contributed by atoms with E-state index in [1.807, 2.05) is 44.2 Å². The highest BCUT2D eigenvalue weighted by Gasteiger charge is 2.25. The van der Waals surface area contributed by atoms with E-state index in [-0.39, 0.29) is 17.0 Å². The van der Waals surface area contributed by atoms with Crippen molar-refractivity contribution < 1.29 is 14.3 Å². The predicted molar refractivity (Wildman–Crippen MR) is 129 cm³/mol. The molecule has 0 fully saturated rings. The van der Waals surface area contributed by atoms with Gasteiger partial charge in [-0.1, -0.05) is 70.2 Å². The largest absolute Gasteiger partial charge is 0.488 e. The van der Waals surface area contributed by atoms with Crippen molar-refractivity contribution in [3.05, 3.63) is 83.5 Å². The molecule has 166 valence electrons. The molecule has 3 nitrogen and oxygen atoms in total. The van der Waals surface area contributed by atoms with Crippen molar-refractivity contribution in [2.24, 2.45) is 0 Å². The summed E-state index contributed by atoms with van der Waals surface area (Å²) in [6, 6.07) is 16.1. The van der Waals surface area contributed by atoms with Crippen LogP contribution in [-0.2, 0) is 10.2 Å². The molecule has 0 atom stereocenters. The topological polar surface area (TPSA) is 35.5 Å². The molecular formula is C28H36O3. The highest BCUT2D eigenvalue weighted by atomic mass is 16.5. The zero-order valence-corrected chi connectivity index (χ0v) is 20.0. The Hall–Kier alpha value is -2.81. The second kappa shape index (κ2) is 10.5. The summed E-state index contributed by atoms with van der Waals surface area (Å²) >= 11 is 0. The zero-order valence-electron chi connectivity index (χ0n) is 20.0. The molecule has 0 aliphatic carbocycles. The van der Waals surface area contributed by atoms with E-state index < -0.39 is 0 Å². The first kappa shape index (κ1) is 24.5. The molecule has 3 heteroatoms. The molecule has 0 amide bonds. The van der Waals surface area contributed by atoms with Crippen LogP contribution in [0.3, 0.4) is 0 Å². The Morgan fingerprint density at radius 3 is 1.74 bits per heavy atom. The normalized spacial score (nSPS) is 12.8. The van der Waals surface area contributed by atoms with Crippen LogP contribution in [0.4, 0.5) is 0 Å². The minimum absolute atomic E-state index is 0.135. The number of ether oxygens (including phenoxy) is 2. The number of esters is 1. The second-order valence-electron chi connectivity index (χ2n) is 8.57. The SMILES string of the molecule is C/C=C\C(=C/C)C(=O)Oc1ccc(C(C)(C)c2ccc(OC(C)(CC)CC)cc2)cc1. The van der Waals surface area contributed by atoms with Gasteiger partial charge in [-0.25, -0.2) is 4.79 Å². The first-order chi connectivity index (χ1) is 14.7. The highest BCUT2D eigenvalue weighted by Crippen LogP contribution is 2.34. The van der Waals surface area contributed by atoms with Crippen molar-refractivity contribution in [3.8, 4) is 11.5 Å². The van der Waals surface area contributed by atoms with E-state index in [9.17, 15) is 4.79 Å². The lowest BCUT2D eigenvalue weighted by atomic mass is 9.78. The van der Waals surface area contributed by atoms with Crippen molar-refractivity contribution in [1.29, 1.82) is 0 Å². The van der Waals surface area contributed by atoms with Gasteiger partial charge in [0, 0.05) is 5.41 Å². The molecule has 0 bridgehead atoms. The van der Waals surface area contributed by atoms with Gasteiger partial charge in [0.2, 0.25) is 0 Å². The fraction of sp³-hybridized carbons (Fsp3) is 0.393. The highest BCUT2D eigenvalue weighted by molar-refractivity contribution is 5.92. The molecule has 0 aromatic heterocycles. The van der Waals surface area contributed by atoms with Crippen LogP contribution in [-0.4, -0.2) is 11.6 Å². The molecule has 0 N–H and O–H groups in total. The average Bonchev–Trinajstić information content (AvgIpc) is 2.78. The van der Waals surface area contributed by atoms with Crippen molar-refractivity contribution in [1.82, 2.24) is 0 Å². The van der Waals surface area contributed by atoms with Crippen molar-refractivity contribution in [2.75, 3.05) is 0 Å². The summed E-state index contributed by atoms with van der Waals surface area (Å²) in [5, 5.41) is 0. The van der Waals surface area contributed by atoms with Crippen LogP contribution in [0.1, 0.15) is 72.4 Å². The molecule has 0 saturated heterocycles. The molecule has 0 unspecified atom stereocenters. The van der Waals surface area contributed by atoms with E-state index in [0.717, 1.165) is 24.2 Å². The number of carbonyl (C=O) groups excluding carboxylic acids is 1. The van der Waals surface area contributed by atoms with E-state index in [1.54, 1.807) is 12.2 Å². The lowest BCUT2D eigenvalue weighted by Crippen LogP contribution is -2.30. The Balaban J connectivity index is 2.16. The number of benzene rings is 2. The minimum Gasteiger partial charge on any atom is -0.488 e. The standard InChI is InChI=1S/C28H36O3/c1-8-12-21(9-2)26(29)30-24-17-13-22(14-18-24)27(5,6)23-15-19-25(20-16-23)31-28(7,10-3)11-4/h8-9,12-20H,10-11H2,1-7H3/b12-8-,21-9+. The van der Waals surface area contributed by atoms with Gasteiger partial charge < -0.3 is 9.47 Å². The number of hydrogen-bond acceptors (Lipinski definition) is 3. The van der Waals surface area contributed by atoms with Gasteiger partial charge in [-0.15, -0.1) is 0 Å². The van der Waals surface area contributed by atoms with Crippen molar-refractivity contribution >= 4 is 5.97 Å². The zero-order chi connectivity index (χ0) is 23.1. The number of allylic oxidation sites excluding steroid dienone is 2. The van der Waals surface area contributed by atoms with E-state index >= 15 is 0 Å². The molecule has 0 spiro atoms. The molecule has 0 saturated carbocycles. The van der Waals surface area contributed by atoms with Gasteiger partial charge in [-0.2, -0.15) is 0 Å². The summed E-state index contributed by atoms with van der Waals surface area (Å²) in [6.07, 6.45) is 7.26. The monoisotopic (exact) mass is 420 g/mol. The molecule has 2 aromatic carbocycles. The molecule has 2 aromatic rings. The van der Waals surface area contributed by atoms with Crippen LogP contribution in [0.15, 0.2) is 72.3 Å². The maximum absolute atomic E-state index is 12.3. The van der Waals surface area contributed by atoms with Crippen molar-refractivity contribution in [3.63, 3.8) is 0 Å². The molecule has 2 rings (SSSR count). The number of hydrogen-bond donors (Lipinski definition) is 0. The molecule has 0 aliphatic rings. The Kier molecular flexibility index (Phi) is 8.27. The molecule has 31 heavy (non-hydrogen) atoms. The van der Waals surface area contributed by atoms with E-state index in [1.165, 1.54) is 5.56 Å². The Morgan fingerprint density at radius 2 is 1.32 bits per heavy atom. The predicted octanol–water partition coefficient (Wildman–Crippen LogP) is 7.40. The minimum atomic E-state index is -0.352. The Bertz CT molecular complexity index is 912. The van der Waals surface area contributed by atoms with E-state index in [0.29, 0.717) is 11.3 Å². The average molecular weight is 421 g/mol. The lowest BCUT2D eigenvalue weighted by molar-refractivity contribution is -0.129. The van der Waals surface area contributed by atoms with Crippen LogP contribution in [0, 0.1) is 0 Å². The summed E-state index contributed by atoms with van der Waals surface area (Å²) in [5.41, 5.74) is 2.55. The van der Waals surface area contributed by atoms with Gasteiger partial charge in [0.25, 0.3) is 0 Å². The summed E-state index contributed by atoms with van der Waals surface area (Å²) < 4.78 is 11.7. The summed E-state index contributed by atoms with van der Waals surface area (Å²) in [7, 11) is 0. The number of rotatable bonds is 9. The van der Waals surface area contributed by atoms with Gasteiger partial charge >= 0.3 is 5.97 Å². The second-order valence-corrected chi connectivity index (χ2v) is 8.57. The quantitative estimate of drug-likeness (QED) is 0.183. The summed E-state index contributed by atoms with van der Waals surface area (Å²) in [4.78, 5) is 12.3. The van der Waals surface area contributed by atoms with Crippen LogP contribution in [0.5, 0.6) is 11.5 Å². The first-order valence-electron chi connectivity index (χ1n) is 11.1. The third-order valence-corrected chi connectivity index (χ3v) is 6.12. The molecule has 0 heterocycles. The third kappa shape index (κ3) is 6.10. The van der Waals surface area contributed by atoms with Gasteiger partial charge in [0.15, 0.2) is 0 Å². The van der Waals surface area contributed by atoms with Crippen LogP contribution in [0.25, 0.3) is 0 Å². The van der Waals surface area contributed by atoms with Crippen molar-refractivity contribution in [2.45, 2.75) is 72.3 Å². The molecular weight excluding hydrogens is 384 g/mol. The van der Waals surface area contributed by atoms with Crippen LogP contribution < -0.4 is 9.47 Å². The maximum atomic E-state index is 12.3. The Morgan fingerprint density at radius 1 is 0.839 bits per heavy atom. The first-order valence-corrected chi connectivity index (χ1v) is 11.1. The fourth-order valence-electron chi connectivity index (χ4n) is 3.35. The maximum Gasteiger partial charge on any atom is 0.343 e. The molecule has 0 radical (unpaired) electrons. The van der Waals surface area contributed by atoms with Gasteiger partial charge in [0.05, 0.1) is 5.57 Å². The van der Waals surface area contributed by atoms with Gasteiger partial charge in [0.1, 0.15) is 17.1 Å². The van der Waals surface area contributed by atoms with Gasteiger partial charge in [-0.05, 0) is 69.0 Å². The number of carbonyl (C=O) groups is 1.